The summed E-state index contributed by atoms with van der Waals surface area (Å²) in [4.78, 5) is 12.5. The van der Waals surface area contributed by atoms with E-state index in [1.54, 1.807) is 0 Å². The van der Waals surface area contributed by atoms with Crippen LogP contribution >= 0.6 is 27.5 Å². The van der Waals surface area contributed by atoms with Crippen molar-refractivity contribution in [3.8, 4) is 0 Å². The van der Waals surface area contributed by atoms with E-state index in [2.05, 4.69) is 21.2 Å². The van der Waals surface area contributed by atoms with Gasteiger partial charge < -0.3 is 5.32 Å². The van der Waals surface area contributed by atoms with E-state index in [4.69, 9.17) is 11.6 Å². The van der Waals surface area contributed by atoms with Gasteiger partial charge in [-0.25, -0.2) is 0 Å². The molecule has 4 heteroatoms. The molecule has 2 unspecified atom stereocenters. The van der Waals surface area contributed by atoms with Gasteiger partial charge in [0.1, 0.15) is 0 Å². The Morgan fingerprint density at radius 2 is 1.83 bits per heavy atom. The zero-order valence-corrected chi connectivity index (χ0v) is 15.6. The molecule has 4 fully saturated rings. The van der Waals surface area contributed by atoms with Crippen molar-refractivity contribution in [3.63, 3.8) is 0 Å². The predicted octanol–water partition coefficient (Wildman–Crippen LogP) is 5.08. The molecule has 0 spiro atoms. The normalized spacial score (nSPS) is 37.8. The van der Waals surface area contributed by atoms with Crippen LogP contribution in [0.3, 0.4) is 0 Å². The summed E-state index contributed by atoms with van der Waals surface area (Å²) in [6.45, 7) is 0.596. The first-order valence-corrected chi connectivity index (χ1v) is 9.81. The largest absolute Gasteiger partial charge is 0.352 e. The average molecular weight is 397 g/mol. The molecule has 4 saturated carbocycles. The molecule has 1 aromatic rings. The third-order valence-electron chi connectivity index (χ3n) is 6.05. The van der Waals surface area contributed by atoms with Gasteiger partial charge in [-0.15, -0.1) is 0 Å². The molecular formula is C19H23BrClNO. The first kappa shape index (κ1) is 16.0. The summed E-state index contributed by atoms with van der Waals surface area (Å²) >= 11 is 9.92. The lowest BCUT2D eigenvalue weighted by Gasteiger charge is -2.60. The zero-order chi connectivity index (χ0) is 16.1. The van der Waals surface area contributed by atoms with E-state index in [0.29, 0.717) is 17.3 Å². The van der Waals surface area contributed by atoms with Crippen LogP contribution in [0, 0.1) is 17.3 Å². The standard InChI is InChI=1S/C19H23BrClNO/c20-19-8-14-5-15(9-19)7-18(6-14,12-19)10-17(23)22-11-13-1-3-16(21)4-2-13/h1-4,14-15H,5-12H2,(H,22,23)/t14-,15+,18?,19?. The monoisotopic (exact) mass is 395 g/mol. The van der Waals surface area contributed by atoms with Crippen molar-refractivity contribution in [2.24, 2.45) is 17.3 Å². The molecule has 0 saturated heterocycles. The second-order valence-electron chi connectivity index (χ2n) is 8.19. The number of hydrogen-bond donors (Lipinski definition) is 1. The molecule has 0 aliphatic heterocycles. The lowest BCUT2D eigenvalue weighted by atomic mass is 9.48. The molecule has 4 atom stereocenters. The van der Waals surface area contributed by atoms with Gasteiger partial charge in [-0.2, -0.15) is 0 Å². The van der Waals surface area contributed by atoms with E-state index in [0.717, 1.165) is 22.4 Å². The molecule has 4 bridgehead atoms. The van der Waals surface area contributed by atoms with Crippen LogP contribution in [-0.4, -0.2) is 10.2 Å². The Bertz CT molecular complexity index is 600. The highest BCUT2D eigenvalue weighted by molar-refractivity contribution is 9.10. The van der Waals surface area contributed by atoms with Gasteiger partial charge in [-0.05, 0) is 73.5 Å². The highest BCUT2D eigenvalue weighted by atomic mass is 79.9. The van der Waals surface area contributed by atoms with Gasteiger partial charge in [0.05, 0.1) is 0 Å². The first-order valence-electron chi connectivity index (χ1n) is 8.64. The summed E-state index contributed by atoms with van der Waals surface area (Å²) in [6.07, 6.45) is 8.41. The Labute approximate surface area is 151 Å². The summed E-state index contributed by atoms with van der Waals surface area (Å²) in [5.74, 6) is 1.87. The topological polar surface area (TPSA) is 29.1 Å². The maximum absolute atomic E-state index is 12.5. The number of nitrogens with one attached hydrogen (secondary N) is 1. The zero-order valence-electron chi connectivity index (χ0n) is 13.3. The van der Waals surface area contributed by atoms with Crippen molar-refractivity contribution in [2.45, 2.75) is 55.8 Å². The van der Waals surface area contributed by atoms with Gasteiger partial charge in [-0.3, -0.25) is 4.79 Å². The van der Waals surface area contributed by atoms with Crippen LogP contribution in [0.15, 0.2) is 24.3 Å². The van der Waals surface area contributed by atoms with Crippen molar-refractivity contribution < 1.29 is 4.79 Å². The number of benzene rings is 1. The lowest BCUT2D eigenvalue weighted by Crippen LogP contribution is -2.54. The molecule has 0 aromatic heterocycles. The van der Waals surface area contributed by atoms with Crippen LogP contribution in [-0.2, 0) is 11.3 Å². The second kappa shape index (κ2) is 5.77. The number of halogens is 2. The summed E-state index contributed by atoms with van der Waals surface area (Å²) in [5, 5.41) is 3.84. The minimum Gasteiger partial charge on any atom is -0.352 e. The molecule has 23 heavy (non-hydrogen) atoms. The molecule has 5 rings (SSSR count). The Morgan fingerprint density at radius 3 is 2.43 bits per heavy atom. The quantitative estimate of drug-likeness (QED) is 0.706. The van der Waals surface area contributed by atoms with Crippen molar-refractivity contribution in [2.75, 3.05) is 0 Å². The van der Waals surface area contributed by atoms with E-state index in [1.807, 2.05) is 24.3 Å². The molecule has 2 nitrogen and oxygen atoms in total. The van der Waals surface area contributed by atoms with Crippen molar-refractivity contribution in [1.29, 1.82) is 0 Å². The van der Waals surface area contributed by atoms with Crippen molar-refractivity contribution >= 4 is 33.4 Å². The molecule has 4 aliphatic carbocycles. The maximum Gasteiger partial charge on any atom is 0.220 e. The first-order chi connectivity index (χ1) is 10.9. The Kier molecular flexibility index (Phi) is 4.00. The summed E-state index contributed by atoms with van der Waals surface area (Å²) in [6, 6.07) is 7.69. The smallest absolute Gasteiger partial charge is 0.220 e. The molecule has 1 N–H and O–H groups in total. The SMILES string of the molecule is O=C(CC12C[C@@H]3C[C@@H](CC(Br)(C3)C1)C2)NCc1ccc(Cl)cc1. The summed E-state index contributed by atoms with van der Waals surface area (Å²) < 4.78 is 0.327. The number of rotatable bonds is 4. The van der Waals surface area contributed by atoms with Crippen LogP contribution in [0.5, 0.6) is 0 Å². The average Bonchev–Trinajstić information content (AvgIpc) is 2.43. The number of amides is 1. The van der Waals surface area contributed by atoms with Gasteiger partial charge in [0.2, 0.25) is 5.91 Å². The highest BCUT2D eigenvalue weighted by Gasteiger charge is 2.57. The molecule has 4 aliphatic rings. The molecule has 0 radical (unpaired) electrons. The number of hydrogen-bond acceptors (Lipinski definition) is 1. The molecule has 0 heterocycles. The van der Waals surface area contributed by atoms with Gasteiger partial charge in [-0.1, -0.05) is 39.7 Å². The van der Waals surface area contributed by atoms with Gasteiger partial charge in [0, 0.05) is 22.3 Å². The van der Waals surface area contributed by atoms with Gasteiger partial charge in [0.25, 0.3) is 0 Å². The highest BCUT2D eigenvalue weighted by Crippen LogP contribution is 2.65. The Morgan fingerprint density at radius 1 is 1.17 bits per heavy atom. The predicted molar refractivity (Wildman–Crippen MR) is 96.7 cm³/mol. The van der Waals surface area contributed by atoms with E-state index in [9.17, 15) is 4.79 Å². The number of alkyl halides is 1. The maximum atomic E-state index is 12.5. The van der Waals surface area contributed by atoms with E-state index < -0.39 is 0 Å². The minimum absolute atomic E-state index is 0.206. The van der Waals surface area contributed by atoms with E-state index in [-0.39, 0.29) is 11.3 Å². The third-order valence-corrected chi connectivity index (χ3v) is 7.23. The minimum atomic E-state index is 0.206. The Hall–Kier alpha value is -0.540. The third kappa shape index (κ3) is 3.32. The Balaban J connectivity index is 1.38. The fraction of sp³-hybridized carbons (Fsp3) is 0.632. The molecule has 1 amide bonds. The molecular weight excluding hydrogens is 374 g/mol. The van der Waals surface area contributed by atoms with Crippen LogP contribution in [0.4, 0.5) is 0 Å². The van der Waals surface area contributed by atoms with Crippen molar-refractivity contribution in [3.05, 3.63) is 34.9 Å². The second-order valence-corrected chi connectivity index (χ2v) is 10.3. The summed E-state index contributed by atoms with van der Waals surface area (Å²) in [7, 11) is 0. The molecule has 124 valence electrons. The fourth-order valence-electron chi connectivity index (χ4n) is 5.75. The van der Waals surface area contributed by atoms with Crippen LogP contribution in [0.2, 0.25) is 5.02 Å². The van der Waals surface area contributed by atoms with Crippen LogP contribution < -0.4 is 5.32 Å². The molecule has 1 aromatic carbocycles. The fourth-order valence-corrected chi connectivity index (χ4v) is 7.39. The van der Waals surface area contributed by atoms with E-state index in [1.165, 1.54) is 38.5 Å². The van der Waals surface area contributed by atoms with E-state index >= 15 is 0 Å². The van der Waals surface area contributed by atoms with Crippen molar-refractivity contribution in [1.82, 2.24) is 5.32 Å². The number of carbonyl (C=O) groups is 1. The lowest BCUT2D eigenvalue weighted by molar-refractivity contribution is -0.128. The van der Waals surface area contributed by atoms with Gasteiger partial charge in [0.15, 0.2) is 0 Å². The van der Waals surface area contributed by atoms with Gasteiger partial charge >= 0.3 is 0 Å². The van der Waals surface area contributed by atoms with Crippen LogP contribution in [0.25, 0.3) is 0 Å². The van der Waals surface area contributed by atoms with Crippen LogP contribution in [0.1, 0.15) is 50.5 Å². The summed E-state index contributed by atoms with van der Waals surface area (Å²) in [5.41, 5.74) is 1.35. The number of carbonyl (C=O) groups excluding carboxylic acids is 1.